The Hall–Kier alpha value is -1.47. The number of nitrogens with two attached hydrogens (primary N) is 1. The summed E-state index contributed by atoms with van der Waals surface area (Å²) in [6.07, 6.45) is 1.67. The zero-order chi connectivity index (χ0) is 18.2. The number of rotatable bonds is 4. The zero-order valence-corrected chi connectivity index (χ0v) is 17.0. The molecule has 0 atom stereocenters. The Morgan fingerprint density at radius 2 is 1.72 bits per heavy atom. The van der Waals surface area contributed by atoms with E-state index in [-0.39, 0.29) is 0 Å². The first-order valence-corrected chi connectivity index (χ1v) is 10.5. The third kappa shape index (κ3) is 5.25. The fourth-order valence-corrected chi connectivity index (χ4v) is 2.40. The van der Waals surface area contributed by atoms with Crippen LogP contribution in [0.3, 0.4) is 0 Å². The van der Waals surface area contributed by atoms with Gasteiger partial charge >= 0.3 is 33.1 Å². The number of halogens is 2. The Bertz CT molecular complexity index is 832. The summed E-state index contributed by atoms with van der Waals surface area (Å²) < 4.78 is 11.0. The molecule has 1 heterocycles. The first-order valence-electron chi connectivity index (χ1n) is 7.11. The second-order valence-electron chi connectivity index (χ2n) is 4.86. The zero-order valence-electron chi connectivity index (χ0n) is 13.2. The molecule has 134 valence electrons. The normalized spacial score (nSPS) is 9.80. The van der Waals surface area contributed by atoms with Crippen molar-refractivity contribution >= 4 is 37.8 Å². The van der Waals surface area contributed by atoms with Gasteiger partial charge in [0, 0.05) is 17.8 Å². The van der Waals surface area contributed by atoms with E-state index in [1.54, 1.807) is 51.9 Å². The minimum atomic E-state index is 0.503. The number of benzene rings is 2. The van der Waals surface area contributed by atoms with Crippen LogP contribution in [0.4, 0.5) is 5.82 Å². The summed E-state index contributed by atoms with van der Waals surface area (Å²) in [4.78, 5) is 4.09. The molecule has 0 saturated carbocycles. The average Bonchev–Trinajstić information content (AvgIpc) is 2.66. The van der Waals surface area contributed by atoms with E-state index in [1.165, 1.54) is 0 Å². The van der Waals surface area contributed by atoms with Crippen molar-refractivity contribution in [1.82, 2.24) is 4.98 Å². The van der Waals surface area contributed by atoms with Gasteiger partial charge in [0.25, 0.3) is 0 Å². The number of nitrogens with zero attached hydrogens (tertiary/aromatic N) is 1. The molecule has 0 radical (unpaired) electrons. The van der Waals surface area contributed by atoms with Gasteiger partial charge in [-0.05, 0) is 42.0 Å². The van der Waals surface area contributed by atoms with Crippen LogP contribution in [0.15, 0.2) is 60.8 Å². The molecule has 0 bridgehead atoms. The molecule has 2 N–H and O–H groups in total. The van der Waals surface area contributed by atoms with Crippen molar-refractivity contribution < 1.29 is 22.2 Å². The maximum absolute atomic E-state index is 6.00. The molecule has 25 heavy (non-hydrogen) atoms. The fourth-order valence-electron chi connectivity index (χ4n) is 2.20. The Morgan fingerprint density at radius 1 is 1.04 bits per heavy atom. The first kappa shape index (κ1) is 19.8. The molecule has 0 saturated heterocycles. The molecule has 0 spiro atoms. The molecule has 0 aliphatic rings. The number of aromatic nitrogens is 1. The van der Waals surface area contributed by atoms with Gasteiger partial charge in [0.1, 0.15) is 23.1 Å². The van der Waals surface area contributed by atoms with Crippen molar-refractivity contribution in [3.05, 3.63) is 65.8 Å². The Kier molecular flexibility index (Phi) is 7.84. The van der Waals surface area contributed by atoms with Crippen LogP contribution >= 0.6 is 31.9 Å². The van der Waals surface area contributed by atoms with Crippen molar-refractivity contribution in [2.75, 3.05) is 12.8 Å². The molecule has 0 aliphatic carbocycles. The van der Waals surface area contributed by atoms with Crippen LogP contribution in [0.5, 0.6) is 17.2 Å². The average molecular weight is 517 g/mol. The molecule has 0 unspecified atom stereocenters. The summed E-state index contributed by atoms with van der Waals surface area (Å²) in [5.41, 5.74) is 7.77. The van der Waals surface area contributed by atoms with E-state index in [0.29, 0.717) is 28.1 Å². The van der Waals surface area contributed by atoms with E-state index in [9.17, 15) is 0 Å². The van der Waals surface area contributed by atoms with Crippen LogP contribution in [-0.2, 0) is 12.8 Å². The first-order chi connectivity index (χ1) is 12.2. The minimum absolute atomic E-state index is 0.503. The molecule has 0 fully saturated rings. The van der Waals surface area contributed by atoms with Gasteiger partial charge in [0.15, 0.2) is 0 Å². The van der Waals surface area contributed by atoms with Gasteiger partial charge in [-0.2, -0.15) is 0 Å². The van der Waals surface area contributed by atoms with Gasteiger partial charge in [0.05, 0.1) is 12.1 Å². The van der Waals surface area contributed by atoms with Crippen LogP contribution in [0.2, 0.25) is 5.02 Å². The van der Waals surface area contributed by atoms with Gasteiger partial charge in [0.2, 0.25) is 0 Å². The van der Waals surface area contributed by atoms with Crippen LogP contribution in [0, 0.1) is 0 Å². The van der Waals surface area contributed by atoms with E-state index in [2.05, 4.69) is 17.7 Å². The van der Waals surface area contributed by atoms with Crippen molar-refractivity contribution in [3.8, 4) is 28.4 Å². The van der Waals surface area contributed by atoms with Crippen LogP contribution in [0.25, 0.3) is 11.1 Å². The molecule has 0 amide bonds. The summed E-state index contributed by atoms with van der Waals surface area (Å²) in [6.45, 7) is 0. The summed E-state index contributed by atoms with van der Waals surface area (Å²) in [5.74, 6) is 2.44. The molecule has 3 aromatic rings. The van der Waals surface area contributed by atoms with Gasteiger partial charge in [-0.1, -0.05) is 23.7 Å². The summed E-state index contributed by atoms with van der Waals surface area (Å²) >= 11 is 11.9. The van der Waals surface area contributed by atoms with Crippen LogP contribution in [-0.4, -0.2) is 12.1 Å². The van der Waals surface area contributed by atoms with Gasteiger partial charge in [-0.3, -0.25) is 0 Å². The summed E-state index contributed by atoms with van der Waals surface area (Å²) in [7, 11) is 1.57. The van der Waals surface area contributed by atoms with E-state index in [1.807, 2.05) is 36.4 Å². The molecule has 2 aromatic carbocycles. The second kappa shape index (κ2) is 9.87. The van der Waals surface area contributed by atoms with E-state index >= 15 is 0 Å². The fraction of sp³-hybridized carbons (Fsp3) is 0.0556. The SMILES string of the molecule is COc1cc(Oc2ccc(-c3cccnc3N)cc2)ccc1Cl.[Cu][I]. The molecule has 1 aromatic heterocycles. The quantitative estimate of drug-likeness (QED) is 0.358. The molecular weight excluding hydrogens is 502 g/mol. The molecule has 3 rings (SSSR count). The number of hydrogen-bond acceptors (Lipinski definition) is 4. The Morgan fingerprint density at radius 3 is 2.36 bits per heavy atom. The number of methoxy groups -OCH3 is 1. The topological polar surface area (TPSA) is 57.4 Å². The standard InChI is InChI=1S/C18H15ClN2O2.Cu.HI/c1-22-17-11-14(8-9-16(17)19)23-13-6-4-12(5-7-13)15-3-2-10-21-18(15)20;;/h2-11H,1H3,(H2,20,21);;1H/q;+1;/p-1. The number of pyridine rings is 1. The van der Waals surface area contributed by atoms with Crippen molar-refractivity contribution in [1.29, 1.82) is 0 Å². The Balaban J connectivity index is 0.00000109. The van der Waals surface area contributed by atoms with Gasteiger partial charge in [-0.15, -0.1) is 0 Å². The third-order valence-corrected chi connectivity index (χ3v) is 3.67. The predicted octanol–water partition coefficient (Wildman–Crippen LogP) is 5.67. The predicted molar refractivity (Wildman–Crippen MR) is 106 cm³/mol. The molecule has 4 nitrogen and oxygen atoms in total. The second-order valence-corrected chi connectivity index (χ2v) is 5.27. The molecule has 0 aliphatic heterocycles. The van der Waals surface area contributed by atoms with E-state index in [4.69, 9.17) is 26.8 Å². The monoisotopic (exact) mass is 516 g/mol. The van der Waals surface area contributed by atoms with Crippen molar-refractivity contribution in [2.24, 2.45) is 0 Å². The third-order valence-electron chi connectivity index (χ3n) is 3.36. The van der Waals surface area contributed by atoms with E-state index in [0.717, 1.165) is 11.1 Å². The number of nitrogen functional groups attached to an aromatic ring is 1. The van der Waals surface area contributed by atoms with Crippen molar-refractivity contribution in [2.45, 2.75) is 0 Å². The van der Waals surface area contributed by atoms with Crippen LogP contribution in [0.1, 0.15) is 0 Å². The molecule has 7 heteroatoms. The number of hydrogen-bond donors (Lipinski definition) is 1. The maximum atomic E-state index is 6.00. The summed E-state index contributed by atoms with van der Waals surface area (Å²) in [5, 5.41) is 0.544. The van der Waals surface area contributed by atoms with Crippen LogP contribution < -0.4 is 15.2 Å². The number of ether oxygens (including phenoxy) is 2. The molecular formula is C18H15ClCuIN2O2. The summed E-state index contributed by atoms with van der Waals surface area (Å²) in [6, 6.07) is 16.7. The van der Waals surface area contributed by atoms with Gasteiger partial charge < -0.3 is 15.2 Å². The number of anilines is 1. The Labute approximate surface area is 171 Å². The van der Waals surface area contributed by atoms with E-state index < -0.39 is 0 Å². The van der Waals surface area contributed by atoms with Gasteiger partial charge in [-0.25, -0.2) is 4.98 Å². The van der Waals surface area contributed by atoms with Crippen molar-refractivity contribution in [3.63, 3.8) is 0 Å².